The summed E-state index contributed by atoms with van der Waals surface area (Å²) < 4.78 is 5.61. The molecular weight excluding hydrogens is 390 g/mol. The van der Waals surface area contributed by atoms with Gasteiger partial charge in [0.1, 0.15) is 0 Å². The number of carbonyl (C=O) groups is 2. The van der Waals surface area contributed by atoms with E-state index < -0.39 is 0 Å². The highest BCUT2D eigenvalue weighted by atomic mass is 16.5. The van der Waals surface area contributed by atoms with Gasteiger partial charge in [0.2, 0.25) is 11.8 Å². The van der Waals surface area contributed by atoms with Gasteiger partial charge in [-0.25, -0.2) is 0 Å². The monoisotopic (exact) mass is 421 g/mol. The van der Waals surface area contributed by atoms with Crippen LogP contribution in [-0.2, 0) is 34.0 Å². The maximum absolute atomic E-state index is 12.7. The Bertz CT molecular complexity index is 902. The maximum Gasteiger partial charge on any atom is 0.225 e. The molecule has 0 aromatic heterocycles. The minimum Gasteiger partial charge on any atom is -0.376 e. The third-order valence-electron chi connectivity index (χ3n) is 5.99. The van der Waals surface area contributed by atoms with Gasteiger partial charge in [0.25, 0.3) is 0 Å². The predicted molar refractivity (Wildman–Crippen MR) is 119 cm³/mol. The highest BCUT2D eigenvalue weighted by Gasteiger charge is 2.34. The summed E-state index contributed by atoms with van der Waals surface area (Å²) in [6, 6.07) is 18.3. The van der Waals surface area contributed by atoms with Gasteiger partial charge in [-0.1, -0.05) is 54.6 Å². The molecule has 6 nitrogen and oxygen atoms in total. The van der Waals surface area contributed by atoms with E-state index >= 15 is 0 Å². The Hall–Kier alpha value is -2.70. The van der Waals surface area contributed by atoms with E-state index in [0.717, 1.165) is 37.4 Å². The van der Waals surface area contributed by atoms with Gasteiger partial charge < -0.3 is 15.0 Å². The van der Waals surface area contributed by atoms with Crippen LogP contribution in [-0.4, -0.2) is 54.0 Å². The van der Waals surface area contributed by atoms with Crippen molar-refractivity contribution in [2.24, 2.45) is 5.92 Å². The molecule has 2 heterocycles. The zero-order valence-corrected chi connectivity index (χ0v) is 18.1. The molecule has 2 unspecified atom stereocenters. The zero-order valence-electron chi connectivity index (χ0n) is 18.1. The molecule has 0 bridgehead atoms. The van der Waals surface area contributed by atoms with Crippen LogP contribution in [0.25, 0.3) is 0 Å². The molecule has 1 N–H and O–H groups in total. The third kappa shape index (κ3) is 5.93. The Morgan fingerprint density at radius 1 is 1.03 bits per heavy atom. The first-order chi connectivity index (χ1) is 15.1. The lowest BCUT2D eigenvalue weighted by molar-refractivity contribution is -0.129. The van der Waals surface area contributed by atoms with E-state index in [1.165, 1.54) is 5.56 Å². The molecule has 0 saturated carbocycles. The number of hydrogen-bond donors (Lipinski definition) is 1. The number of morpholine rings is 1. The second-order valence-corrected chi connectivity index (χ2v) is 8.62. The number of amides is 2. The summed E-state index contributed by atoms with van der Waals surface area (Å²) in [5, 5.41) is 3.03. The molecule has 2 fully saturated rings. The van der Waals surface area contributed by atoms with Crippen molar-refractivity contribution in [3.05, 3.63) is 71.3 Å². The predicted octanol–water partition coefficient (Wildman–Crippen LogP) is 2.57. The fourth-order valence-corrected chi connectivity index (χ4v) is 4.37. The molecular formula is C25H31N3O3. The van der Waals surface area contributed by atoms with Crippen LogP contribution in [0.4, 0.5) is 0 Å². The topological polar surface area (TPSA) is 61.9 Å². The summed E-state index contributed by atoms with van der Waals surface area (Å²) in [5.41, 5.74) is 3.41. The Labute approximate surface area is 184 Å². The smallest absolute Gasteiger partial charge is 0.225 e. The summed E-state index contributed by atoms with van der Waals surface area (Å²) in [6.07, 6.45) is 0.556. The molecule has 0 aliphatic carbocycles. The van der Waals surface area contributed by atoms with E-state index in [4.69, 9.17) is 4.74 Å². The Morgan fingerprint density at radius 2 is 1.81 bits per heavy atom. The molecule has 0 spiro atoms. The van der Waals surface area contributed by atoms with E-state index in [-0.39, 0.29) is 30.3 Å². The van der Waals surface area contributed by atoms with Gasteiger partial charge in [-0.3, -0.25) is 14.5 Å². The Kier molecular flexibility index (Phi) is 6.99. The molecule has 4 rings (SSSR count). The van der Waals surface area contributed by atoms with Crippen LogP contribution in [0.1, 0.15) is 30.0 Å². The molecule has 2 amide bonds. The molecule has 2 atom stereocenters. The van der Waals surface area contributed by atoms with Crippen LogP contribution in [0.15, 0.2) is 54.6 Å². The highest BCUT2D eigenvalue weighted by Crippen LogP contribution is 2.21. The Morgan fingerprint density at radius 3 is 2.61 bits per heavy atom. The molecule has 164 valence electrons. The van der Waals surface area contributed by atoms with Crippen molar-refractivity contribution in [1.29, 1.82) is 0 Å². The van der Waals surface area contributed by atoms with Crippen molar-refractivity contribution in [1.82, 2.24) is 15.1 Å². The van der Waals surface area contributed by atoms with Crippen LogP contribution < -0.4 is 5.32 Å². The number of likely N-dealkylation sites (tertiary alicyclic amines) is 1. The quantitative estimate of drug-likeness (QED) is 0.747. The fourth-order valence-electron chi connectivity index (χ4n) is 4.37. The van der Waals surface area contributed by atoms with Crippen LogP contribution in [0, 0.1) is 5.92 Å². The van der Waals surface area contributed by atoms with Crippen molar-refractivity contribution in [2.45, 2.75) is 39.1 Å². The molecule has 2 aromatic rings. The van der Waals surface area contributed by atoms with Gasteiger partial charge in [0.15, 0.2) is 0 Å². The van der Waals surface area contributed by atoms with Gasteiger partial charge >= 0.3 is 0 Å². The largest absolute Gasteiger partial charge is 0.376 e. The van der Waals surface area contributed by atoms with E-state index in [0.29, 0.717) is 19.6 Å². The maximum atomic E-state index is 12.7. The van der Waals surface area contributed by atoms with Crippen LogP contribution in [0.5, 0.6) is 0 Å². The lowest BCUT2D eigenvalue weighted by Gasteiger charge is -2.31. The van der Waals surface area contributed by atoms with Crippen LogP contribution in [0.2, 0.25) is 0 Å². The lowest BCUT2D eigenvalue weighted by atomic mass is 10.1. The molecule has 2 saturated heterocycles. The average Bonchev–Trinajstić information content (AvgIpc) is 3.13. The summed E-state index contributed by atoms with van der Waals surface area (Å²) in [7, 11) is 0. The standard InChI is InChI=1S/C25H31N3O3/c1-19-15-27(10-11-31-19)16-22-9-5-8-21(12-22)14-26-25(30)23-13-24(29)28(18-23)17-20-6-3-2-4-7-20/h2-9,12,19,23H,10-11,13-18H2,1H3,(H,26,30). The Balaban J connectivity index is 1.27. The number of nitrogens with zero attached hydrogens (tertiary/aromatic N) is 2. The minimum absolute atomic E-state index is 0.0451. The summed E-state index contributed by atoms with van der Waals surface area (Å²) in [6.45, 7) is 7.18. The van der Waals surface area contributed by atoms with E-state index in [2.05, 4.69) is 29.3 Å². The summed E-state index contributed by atoms with van der Waals surface area (Å²) >= 11 is 0. The van der Waals surface area contributed by atoms with Crippen molar-refractivity contribution < 1.29 is 14.3 Å². The number of benzene rings is 2. The molecule has 6 heteroatoms. The van der Waals surface area contributed by atoms with Crippen molar-refractivity contribution in [3.8, 4) is 0 Å². The number of carbonyl (C=O) groups excluding carboxylic acids is 2. The van der Waals surface area contributed by atoms with Gasteiger partial charge in [-0.05, 0) is 23.6 Å². The summed E-state index contributed by atoms with van der Waals surface area (Å²) in [5.74, 6) is -0.281. The first-order valence-electron chi connectivity index (χ1n) is 11.1. The van der Waals surface area contributed by atoms with E-state index in [1.54, 1.807) is 4.90 Å². The van der Waals surface area contributed by atoms with Crippen LogP contribution >= 0.6 is 0 Å². The highest BCUT2D eigenvalue weighted by molar-refractivity contribution is 5.89. The van der Waals surface area contributed by atoms with Gasteiger partial charge in [0.05, 0.1) is 18.6 Å². The van der Waals surface area contributed by atoms with Crippen molar-refractivity contribution in [2.75, 3.05) is 26.2 Å². The molecule has 2 aliphatic rings. The molecule has 0 radical (unpaired) electrons. The number of ether oxygens (including phenoxy) is 1. The third-order valence-corrected chi connectivity index (χ3v) is 5.99. The van der Waals surface area contributed by atoms with Crippen LogP contribution in [0.3, 0.4) is 0 Å². The van der Waals surface area contributed by atoms with Crippen molar-refractivity contribution >= 4 is 11.8 Å². The number of hydrogen-bond acceptors (Lipinski definition) is 4. The molecule has 2 aromatic carbocycles. The number of rotatable bonds is 7. The SMILES string of the molecule is CC1CN(Cc2cccc(CNC(=O)C3CC(=O)N(Cc4ccccc4)C3)c2)CCO1. The van der Waals surface area contributed by atoms with Gasteiger partial charge in [-0.15, -0.1) is 0 Å². The number of nitrogens with one attached hydrogen (secondary N) is 1. The summed E-state index contributed by atoms with van der Waals surface area (Å²) in [4.78, 5) is 29.2. The second-order valence-electron chi connectivity index (χ2n) is 8.62. The minimum atomic E-state index is -0.283. The molecule has 31 heavy (non-hydrogen) atoms. The van der Waals surface area contributed by atoms with Crippen molar-refractivity contribution in [3.63, 3.8) is 0 Å². The van der Waals surface area contributed by atoms with E-state index in [9.17, 15) is 9.59 Å². The van der Waals surface area contributed by atoms with Gasteiger partial charge in [-0.2, -0.15) is 0 Å². The zero-order chi connectivity index (χ0) is 21.6. The van der Waals surface area contributed by atoms with E-state index in [1.807, 2.05) is 42.5 Å². The average molecular weight is 422 g/mol. The second kappa shape index (κ2) is 10.1. The molecule has 2 aliphatic heterocycles. The van der Waals surface area contributed by atoms with Gasteiger partial charge in [0, 0.05) is 45.7 Å². The fraction of sp³-hybridized carbons (Fsp3) is 0.440. The first-order valence-corrected chi connectivity index (χ1v) is 11.1. The lowest BCUT2D eigenvalue weighted by Crippen LogP contribution is -2.40. The normalized spacial score (nSPS) is 22.0. The first kappa shape index (κ1) is 21.5.